The maximum Gasteiger partial charge on any atom is 0.305 e. The average Bonchev–Trinajstić information content (AvgIpc) is 2.78. The molecular formula is C16H23NO2. The molecule has 1 aliphatic carbocycles. The summed E-state index contributed by atoms with van der Waals surface area (Å²) in [4.78, 5) is 13.1. The molecule has 0 aromatic heterocycles. The van der Waals surface area contributed by atoms with Gasteiger partial charge in [0.15, 0.2) is 0 Å². The monoisotopic (exact) mass is 261 g/mol. The predicted molar refractivity (Wildman–Crippen MR) is 77.6 cm³/mol. The first kappa shape index (κ1) is 13.9. The second-order valence-corrected chi connectivity index (χ2v) is 5.74. The highest BCUT2D eigenvalue weighted by Gasteiger charge is 2.27. The Morgan fingerprint density at radius 2 is 2.00 bits per heavy atom. The number of rotatable bonds is 5. The average molecular weight is 261 g/mol. The summed E-state index contributed by atoms with van der Waals surface area (Å²) in [7, 11) is 0. The van der Waals surface area contributed by atoms with E-state index in [9.17, 15) is 4.79 Å². The van der Waals surface area contributed by atoms with Crippen molar-refractivity contribution in [3.05, 3.63) is 29.8 Å². The van der Waals surface area contributed by atoms with Gasteiger partial charge in [-0.15, -0.1) is 0 Å². The molecule has 0 heterocycles. The summed E-state index contributed by atoms with van der Waals surface area (Å²) in [6.45, 7) is 4.96. The first-order chi connectivity index (χ1) is 9.06. The lowest BCUT2D eigenvalue weighted by Crippen LogP contribution is -2.35. The highest BCUT2D eigenvalue weighted by atomic mass is 16.4. The number of aryl methyl sites for hydroxylation is 1. The standard InChI is InChI=1S/C16H23NO2/c1-12-3-6-14(7-4-12)17(10-9-16(18)19)15-8-5-13(2)11-15/h3-4,6-7,13,15H,5,8-11H2,1-2H3,(H,18,19). The van der Waals surface area contributed by atoms with E-state index in [-0.39, 0.29) is 6.42 Å². The molecule has 2 unspecified atom stereocenters. The zero-order valence-electron chi connectivity index (χ0n) is 11.8. The van der Waals surface area contributed by atoms with Gasteiger partial charge in [0.2, 0.25) is 0 Å². The van der Waals surface area contributed by atoms with Gasteiger partial charge in [0.1, 0.15) is 0 Å². The minimum absolute atomic E-state index is 0.207. The van der Waals surface area contributed by atoms with Crippen LogP contribution < -0.4 is 4.90 Å². The van der Waals surface area contributed by atoms with Crippen molar-refractivity contribution in [2.45, 2.75) is 45.6 Å². The molecule has 0 aliphatic heterocycles. The Hall–Kier alpha value is -1.51. The van der Waals surface area contributed by atoms with Crippen LogP contribution in [-0.4, -0.2) is 23.7 Å². The molecule has 104 valence electrons. The van der Waals surface area contributed by atoms with E-state index in [2.05, 4.69) is 43.0 Å². The van der Waals surface area contributed by atoms with Gasteiger partial charge >= 0.3 is 5.97 Å². The number of nitrogens with zero attached hydrogens (tertiary/aromatic N) is 1. The molecule has 0 bridgehead atoms. The zero-order chi connectivity index (χ0) is 13.8. The third-order valence-electron chi connectivity index (χ3n) is 4.04. The van der Waals surface area contributed by atoms with E-state index in [0.29, 0.717) is 12.6 Å². The van der Waals surface area contributed by atoms with Gasteiger partial charge in [0.25, 0.3) is 0 Å². The van der Waals surface area contributed by atoms with Crippen LogP contribution in [0.4, 0.5) is 5.69 Å². The number of hydrogen-bond donors (Lipinski definition) is 1. The van der Waals surface area contributed by atoms with E-state index < -0.39 is 5.97 Å². The van der Waals surface area contributed by atoms with Crippen molar-refractivity contribution in [1.29, 1.82) is 0 Å². The van der Waals surface area contributed by atoms with E-state index in [1.807, 2.05) is 0 Å². The molecule has 1 aromatic carbocycles. The number of carboxylic acid groups (broad SMARTS) is 1. The molecule has 2 rings (SSSR count). The normalized spacial score (nSPS) is 22.4. The van der Waals surface area contributed by atoms with Crippen LogP contribution in [0.2, 0.25) is 0 Å². The number of hydrogen-bond acceptors (Lipinski definition) is 2. The summed E-state index contributed by atoms with van der Waals surface area (Å²) in [5.74, 6) is 0.0333. The summed E-state index contributed by atoms with van der Waals surface area (Å²) in [5, 5.41) is 8.92. The van der Waals surface area contributed by atoms with E-state index in [1.54, 1.807) is 0 Å². The van der Waals surface area contributed by atoms with Crippen molar-refractivity contribution < 1.29 is 9.90 Å². The van der Waals surface area contributed by atoms with Crippen molar-refractivity contribution >= 4 is 11.7 Å². The Morgan fingerprint density at radius 3 is 2.53 bits per heavy atom. The Morgan fingerprint density at radius 1 is 1.32 bits per heavy atom. The fourth-order valence-electron chi connectivity index (χ4n) is 2.93. The minimum Gasteiger partial charge on any atom is -0.481 e. The van der Waals surface area contributed by atoms with Gasteiger partial charge in [-0.05, 0) is 44.2 Å². The third kappa shape index (κ3) is 3.72. The molecule has 1 N–H and O–H groups in total. The Kier molecular flexibility index (Phi) is 4.46. The first-order valence-electron chi connectivity index (χ1n) is 7.11. The molecule has 0 saturated heterocycles. The van der Waals surface area contributed by atoms with Gasteiger partial charge in [0.05, 0.1) is 6.42 Å². The molecule has 2 atom stereocenters. The third-order valence-corrected chi connectivity index (χ3v) is 4.04. The number of anilines is 1. The molecular weight excluding hydrogens is 238 g/mol. The highest BCUT2D eigenvalue weighted by molar-refractivity contribution is 5.67. The van der Waals surface area contributed by atoms with Gasteiger partial charge in [-0.2, -0.15) is 0 Å². The number of carboxylic acids is 1. The second kappa shape index (κ2) is 6.09. The fraction of sp³-hybridized carbons (Fsp3) is 0.562. The first-order valence-corrected chi connectivity index (χ1v) is 7.11. The Balaban J connectivity index is 2.13. The number of aliphatic carboxylic acids is 1. The SMILES string of the molecule is Cc1ccc(N(CCC(=O)O)C2CCC(C)C2)cc1. The molecule has 0 spiro atoms. The van der Waals surface area contributed by atoms with Crippen LogP contribution in [0.1, 0.15) is 38.2 Å². The van der Waals surface area contributed by atoms with Crippen molar-refractivity contribution in [2.75, 3.05) is 11.4 Å². The van der Waals surface area contributed by atoms with Gasteiger partial charge in [-0.3, -0.25) is 4.79 Å². The van der Waals surface area contributed by atoms with Crippen LogP contribution in [0.3, 0.4) is 0 Å². The summed E-state index contributed by atoms with van der Waals surface area (Å²) in [6, 6.07) is 8.92. The zero-order valence-corrected chi connectivity index (χ0v) is 11.8. The number of benzene rings is 1. The van der Waals surface area contributed by atoms with Crippen LogP contribution in [-0.2, 0) is 4.79 Å². The summed E-state index contributed by atoms with van der Waals surface area (Å²) >= 11 is 0. The van der Waals surface area contributed by atoms with Crippen molar-refractivity contribution in [3.63, 3.8) is 0 Å². The van der Waals surface area contributed by atoms with Crippen LogP contribution in [0.15, 0.2) is 24.3 Å². The molecule has 1 aromatic rings. The van der Waals surface area contributed by atoms with Gasteiger partial charge in [-0.1, -0.05) is 24.6 Å². The molecule has 3 heteroatoms. The largest absolute Gasteiger partial charge is 0.481 e. The van der Waals surface area contributed by atoms with E-state index in [0.717, 1.165) is 11.6 Å². The Bertz CT molecular complexity index is 427. The van der Waals surface area contributed by atoms with E-state index >= 15 is 0 Å². The van der Waals surface area contributed by atoms with Crippen LogP contribution in [0, 0.1) is 12.8 Å². The minimum atomic E-state index is -0.719. The highest BCUT2D eigenvalue weighted by Crippen LogP contribution is 2.32. The van der Waals surface area contributed by atoms with Crippen LogP contribution in [0.25, 0.3) is 0 Å². The quantitative estimate of drug-likeness (QED) is 0.882. The molecule has 1 aliphatic rings. The lowest BCUT2D eigenvalue weighted by molar-refractivity contribution is -0.136. The fourth-order valence-corrected chi connectivity index (χ4v) is 2.93. The van der Waals surface area contributed by atoms with Crippen molar-refractivity contribution in [3.8, 4) is 0 Å². The lowest BCUT2D eigenvalue weighted by Gasteiger charge is -2.31. The van der Waals surface area contributed by atoms with Crippen molar-refractivity contribution in [2.24, 2.45) is 5.92 Å². The molecule has 19 heavy (non-hydrogen) atoms. The second-order valence-electron chi connectivity index (χ2n) is 5.74. The maximum absolute atomic E-state index is 10.8. The smallest absolute Gasteiger partial charge is 0.305 e. The van der Waals surface area contributed by atoms with E-state index in [1.165, 1.54) is 24.8 Å². The summed E-state index contributed by atoms with van der Waals surface area (Å²) in [6.07, 6.45) is 3.81. The number of carbonyl (C=O) groups is 1. The Labute approximate surface area is 115 Å². The predicted octanol–water partition coefficient (Wildman–Crippen LogP) is 3.46. The summed E-state index contributed by atoms with van der Waals surface area (Å²) in [5.41, 5.74) is 2.40. The topological polar surface area (TPSA) is 40.5 Å². The van der Waals surface area contributed by atoms with Gasteiger partial charge in [0, 0.05) is 18.3 Å². The maximum atomic E-state index is 10.8. The molecule has 1 saturated carbocycles. The molecule has 0 amide bonds. The molecule has 3 nitrogen and oxygen atoms in total. The summed E-state index contributed by atoms with van der Waals surface area (Å²) < 4.78 is 0. The van der Waals surface area contributed by atoms with Crippen LogP contribution >= 0.6 is 0 Å². The molecule has 1 fully saturated rings. The van der Waals surface area contributed by atoms with Crippen molar-refractivity contribution in [1.82, 2.24) is 0 Å². The van der Waals surface area contributed by atoms with Gasteiger partial charge < -0.3 is 10.0 Å². The lowest BCUT2D eigenvalue weighted by atomic mass is 10.1. The van der Waals surface area contributed by atoms with Crippen LogP contribution in [0.5, 0.6) is 0 Å². The van der Waals surface area contributed by atoms with Gasteiger partial charge in [-0.25, -0.2) is 0 Å². The van der Waals surface area contributed by atoms with E-state index in [4.69, 9.17) is 5.11 Å². The molecule has 0 radical (unpaired) electrons.